The van der Waals surface area contributed by atoms with Crippen LogP contribution in [-0.2, 0) is 10.1 Å². The second kappa shape index (κ2) is 5.86. The fourth-order valence-electron chi connectivity index (χ4n) is 2.27. The number of hydrogen-bond donors (Lipinski definition) is 2. The van der Waals surface area contributed by atoms with E-state index in [1.807, 2.05) is 0 Å². The van der Waals surface area contributed by atoms with Crippen LogP contribution < -0.4 is 0 Å². The predicted molar refractivity (Wildman–Crippen MR) is 81.4 cm³/mol. The summed E-state index contributed by atoms with van der Waals surface area (Å²) < 4.78 is 32.6. The number of non-ortho nitro benzene ring substituents is 1. The Labute approximate surface area is 135 Å². The highest BCUT2D eigenvalue weighted by atomic mass is 32.2. The summed E-state index contributed by atoms with van der Waals surface area (Å²) in [5.74, 6) is -0.634. The fourth-order valence-corrected chi connectivity index (χ4v) is 3.21. The third kappa shape index (κ3) is 3.02. The second-order valence-corrected chi connectivity index (χ2v) is 6.15. The van der Waals surface area contributed by atoms with Crippen LogP contribution in [-0.4, -0.2) is 27.9 Å². The Kier molecular flexibility index (Phi) is 4.23. The molecule has 0 bridgehead atoms. The van der Waals surface area contributed by atoms with E-state index in [0.29, 0.717) is 6.07 Å². The molecule has 0 amide bonds. The largest absolute Gasteiger partial charge is 0.507 e. The molecule has 0 spiro atoms. The van der Waals surface area contributed by atoms with Crippen LogP contribution in [0.25, 0.3) is 11.1 Å². The van der Waals surface area contributed by atoms with Gasteiger partial charge in [-0.2, -0.15) is 8.42 Å². The molecule has 0 aliphatic heterocycles. The predicted octanol–water partition coefficient (Wildman–Crippen LogP) is 2.43. The summed E-state index contributed by atoms with van der Waals surface area (Å²) in [6.45, 7) is 1.32. The van der Waals surface area contributed by atoms with Gasteiger partial charge in [-0.3, -0.25) is 24.8 Å². The van der Waals surface area contributed by atoms with Crippen molar-refractivity contribution in [2.24, 2.45) is 0 Å². The first kappa shape index (κ1) is 17.3. The molecule has 2 rings (SSSR count). The Morgan fingerprint density at radius 2 is 1.67 bits per heavy atom. The van der Waals surface area contributed by atoms with Crippen molar-refractivity contribution >= 4 is 21.5 Å². The molecule has 0 saturated heterocycles. The standard InChI is InChI=1S/C13H10N2O8S/c1-7-2-5-11(16)12(13(7)24(21,22)23)9-4-3-8(14(17)18)6-10(9)15(19)20/h2-6,16H,1H3,(H,21,22,23). The molecule has 126 valence electrons. The van der Waals surface area contributed by atoms with Gasteiger partial charge in [-0.25, -0.2) is 0 Å². The van der Waals surface area contributed by atoms with E-state index in [1.54, 1.807) is 0 Å². The number of rotatable bonds is 4. The van der Waals surface area contributed by atoms with Crippen molar-refractivity contribution in [3.63, 3.8) is 0 Å². The quantitative estimate of drug-likeness (QED) is 0.480. The molecule has 2 N–H and O–H groups in total. The van der Waals surface area contributed by atoms with E-state index in [4.69, 9.17) is 0 Å². The molecule has 0 radical (unpaired) electrons. The molecule has 0 aromatic heterocycles. The molecule has 10 nitrogen and oxygen atoms in total. The van der Waals surface area contributed by atoms with Crippen molar-refractivity contribution in [2.75, 3.05) is 0 Å². The maximum atomic E-state index is 11.6. The molecule has 24 heavy (non-hydrogen) atoms. The number of phenolic OH excluding ortho intramolecular Hbond substituents is 1. The minimum atomic E-state index is -4.82. The normalized spacial score (nSPS) is 11.2. The number of phenols is 1. The van der Waals surface area contributed by atoms with Gasteiger partial charge in [0.2, 0.25) is 0 Å². The Balaban J connectivity index is 2.95. The average Bonchev–Trinajstić information content (AvgIpc) is 2.47. The van der Waals surface area contributed by atoms with Gasteiger partial charge in [0.15, 0.2) is 0 Å². The number of aromatic hydroxyl groups is 1. The van der Waals surface area contributed by atoms with Gasteiger partial charge in [0, 0.05) is 6.07 Å². The van der Waals surface area contributed by atoms with Gasteiger partial charge in [0.05, 0.1) is 27.0 Å². The van der Waals surface area contributed by atoms with Gasteiger partial charge in [0.25, 0.3) is 21.5 Å². The fraction of sp³-hybridized carbons (Fsp3) is 0.0769. The topological polar surface area (TPSA) is 161 Å². The molecule has 0 saturated carbocycles. The maximum Gasteiger partial charge on any atom is 0.295 e. The number of nitrogens with zero attached hydrogens (tertiary/aromatic N) is 2. The average molecular weight is 354 g/mol. The van der Waals surface area contributed by atoms with Crippen LogP contribution in [0.2, 0.25) is 0 Å². The Bertz CT molecular complexity index is 968. The van der Waals surface area contributed by atoms with E-state index < -0.39 is 47.5 Å². The van der Waals surface area contributed by atoms with E-state index in [1.165, 1.54) is 13.0 Å². The van der Waals surface area contributed by atoms with Crippen LogP contribution in [0.5, 0.6) is 5.75 Å². The van der Waals surface area contributed by atoms with Gasteiger partial charge in [-0.15, -0.1) is 0 Å². The van der Waals surface area contributed by atoms with Crippen molar-refractivity contribution in [3.05, 3.63) is 56.1 Å². The van der Waals surface area contributed by atoms with E-state index in [0.717, 1.165) is 18.2 Å². The second-order valence-electron chi connectivity index (χ2n) is 4.80. The molecule has 11 heteroatoms. The summed E-state index contributed by atoms with van der Waals surface area (Å²) in [6.07, 6.45) is 0. The maximum absolute atomic E-state index is 11.6. The monoisotopic (exact) mass is 354 g/mol. The number of hydrogen-bond acceptors (Lipinski definition) is 7. The summed E-state index contributed by atoms with van der Waals surface area (Å²) in [7, 11) is -4.82. The lowest BCUT2D eigenvalue weighted by Gasteiger charge is -2.12. The summed E-state index contributed by atoms with van der Waals surface area (Å²) >= 11 is 0. The highest BCUT2D eigenvalue weighted by Crippen LogP contribution is 2.42. The summed E-state index contributed by atoms with van der Waals surface area (Å²) in [5.41, 5.74) is -2.20. The molecule has 0 aliphatic rings. The van der Waals surface area contributed by atoms with Crippen molar-refractivity contribution in [2.45, 2.75) is 11.8 Å². The first-order chi connectivity index (χ1) is 11.0. The van der Waals surface area contributed by atoms with Gasteiger partial charge in [-0.1, -0.05) is 6.07 Å². The first-order valence-electron chi connectivity index (χ1n) is 6.27. The van der Waals surface area contributed by atoms with Crippen molar-refractivity contribution < 1.29 is 27.9 Å². The molecule has 0 heterocycles. The van der Waals surface area contributed by atoms with Crippen LogP contribution in [0.15, 0.2) is 35.2 Å². The number of benzene rings is 2. The van der Waals surface area contributed by atoms with Crippen LogP contribution >= 0.6 is 0 Å². The zero-order chi connectivity index (χ0) is 18.2. The van der Waals surface area contributed by atoms with E-state index in [9.17, 15) is 38.3 Å². The molecule has 0 fully saturated rings. The molecule has 0 atom stereocenters. The molecule has 2 aromatic carbocycles. The SMILES string of the molecule is Cc1ccc(O)c(-c2ccc([N+](=O)[O-])cc2[N+](=O)[O-])c1S(=O)(=O)O. The molecule has 0 unspecified atom stereocenters. The Morgan fingerprint density at radius 1 is 1.04 bits per heavy atom. The smallest absolute Gasteiger partial charge is 0.295 e. The Morgan fingerprint density at radius 3 is 2.17 bits per heavy atom. The van der Waals surface area contributed by atoms with Crippen molar-refractivity contribution in [1.29, 1.82) is 0 Å². The van der Waals surface area contributed by atoms with Gasteiger partial charge < -0.3 is 5.11 Å². The lowest BCUT2D eigenvalue weighted by molar-refractivity contribution is -0.393. The summed E-state index contributed by atoms with van der Waals surface area (Å²) in [4.78, 5) is 19.5. The minimum Gasteiger partial charge on any atom is -0.507 e. The molecule has 0 aliphatic carbocycles. The van der Waals surface area contributed by atoms with E-state index in [-0.39, 0.29) is 11.1 Å². The lowest BCUT2D eigenvalue weighted by atomic mass is 10.00. The molecular formula is C13H10N2O8S. The third-order valence-electron chi connectivity index (χ3n) is 3.25. The first-order valence-corrected chi connectivity index (χ1v) is 7.71. The van der Waals surface area contributed by atoms with Crippen molar-refractivity contribution in [1.82, 2.24) is 0 Å². The summed E-state index contributed by atoms with van der Waals surface area (Å²) in [5, 5.41) is 32.0. The van der Waals surface area contributed by atoms with E-state index in [2.05, 4.69) is 0 Å². The van der Waals surface area contributed by atoms with Gasteiger partial charge in [0.1, 0.15) is 10.6 Å². The van der Waals surface area contributed by atoms with Crippen LogP contribution in [0.3, 0.4) is 0 Å². The number of aryl methyl sites for hydroxylation is 1. The number of nitro groups is 2. The molecular weight excluding hydrogens is 344 g/mol. The van der Waals surface area contributed by atoms with Gasteiger partial charge >= 0.3 is 0 Å². The van der Waals surface area contributed by atoms with Crippen LogP contribution in [0, 0.1) is 27.2 Å². The van der Waals surface area contributed by atoms with Crippen LogP contribution in [0.1, 0.15) is 5.56 Å². The van der Waals surface area contributed by atoms with E-state index >= 15 is 0 Å². The zero-order valence-electron chi connectivity index (χ0n) is 12.0. The minimum absolute atomic E-state index is 0.0398. The molecule has 2 aromatic rings. The highest BCUT2D eigenvalue weighted by molar-refractivity contribution is 7.86. The zero-order valence-corrected chi connectivity index (χ0v) is 12.8. The highest BCUT2D eigenvalue weighted by Gasteiger charge is 2.29. The van der Waals surface area contributed by atoms with Crippen LogP contribution in [0.4, 0.5) is 11.4 Å². The summed E-state index contributed by atoms with van der Waals surface area (Å²) in [6, 6.07) is 4.83. The Hall–Kier alpha value is -3.05. The van der Waals surface area contributed by atoms with Crippen molar-refractivity contribution in [3.8, 4) is 16.9 Å². The third-order valence-corrected chi connectivity index (χ3v) is 4.29. The van der Waals surface area contributed by atoms with Gasteiger partial charge in [-0.05, 0) is 24.6 Å². The number of nitro benzene ring substituents is 2. The lowest BCUT2D eigenvalue weighted by Crippen LogP contribution is -2.05.